The maximum atomic E-state index is 9.91. The molecule has 0 radical (unpaired) electrons. The zero-order valence-electron chi connectivity index (χ0n) is 12.5. The van der Waals surface area contributed by atoms with E-state index in [4.69, 9.17) is 5.73 Å². The van der Waals surface area contributed by atoms with Crippen LogP contribution in [-0.2, 0) is 0 Å². The van der Waals surface area contributed by atoms with Crippen LogP contribution in [0.1, 0.15) is 32.6 Å². The number of benzene rings is 1. The molecule has 4 nitrogen and oxygen atoms in total. The third-order valence-electron chi connectivity index (χ3n) is 4.79. The van der Waals surface area contributed by atoms with E-state index in [1.54, 1.807) is 6.20 Å². The lowest BCUT2D eigenvalue weighted by Gasteiger charge is -2.40. The van der Waals surface area contributed by atoms with E-state index in [1.165, 1.54) is 0 Å². The molecular weight excluding hydrogens is 262 g/mol. The lowest BCUT2D eigenvalue weighted by atomic mass is 9.77. The Bertz CT molecular complexity index is 633. The Labute approximate surface area is 125 Å². The molecule has 21 heavy (non-hydrogen) atoms. The van der Waals surface area contributed by atoms with Crippen LogP contribution in [0.2, 0.25) is 0 Å². The molecule has 1 saturated carbocycles. The zero-order valence-corrected chi connectivity index (χ0v) is 12.5. The van der Waals surface area contributed by atoms with Gasteiger partial charge in [0.25, 0.3) is 0 Å². The summed E-state index contributed by atoms with van der Waals surface area (Å²) in [6, 6.07) is 5.85. The van der Waals surface area contributed by atoms with Crippen LogP contribution in [0.5, 0.6) is 0 Å². The summed E-state index contributed by atoms with van der Waals surface area (Å²) < 4.78 is 0. The first-order valence-electron chi connectivity index (χ1n) is 7.65. The maximum absolute atomic E-state index is 9.91. The monoisotopic (exact) mass is 285 g/mol. The largest absolute Gasteiger partial charge is 0.398 e. The van der Waals surface area contributed by atoms with Gasteiger partial charge in [-0.05, 0) is 49.8 Å². The van der Waals surface area contributed by atoms with Gasteiger partial charge in [0, 0.05) is 34.5 Å². The van der Waals surface area contributed by atoms with E-state index in [9.17, 15) is 5.11 Å². The molecule has 1 aromatic carbocycles. The third-order valence-corrected chi connectivity index (χ3v) is 4.79. The fourth-order valence-electron chi connectivity index (χ4n) is 3.25. The van der Waals surface area contributed by atoms with Gasteiger partial charge in [0.1, 0.15) is 0 Å². The summed E-state index contributed by atoms with van der Waals surface area (Å²) in [6.45, 7) is 2.44. The number of nitrogens with zero attached hydrogens (tertiary/aromatic N) is 1. The molecule has 0 saturated heterocycles. The van der Waals surface area contributed by atoms with E-state index in [2.05, 4.69) is 17.2 Å². The van der Waals surface area contributed by atoms with E-state index < -0.39 is 0 Å². The summed E-state index contributed by atoms with van der Waals surface area (Å²) in [5.41, 5.74) is 7.59. The molecule has 1 aromatic heterocycles. The molecule has 1 fully saturated rings. The molecule has 0 aliphatic heterocycles. The van der Waals surface area contributed by atoms with Crippen LogP contribution in [0.3, 0.4) is 0 Å². The predicted octanol–water partition coefficient (Wildman–Crippen LogP) is 3.17. The molecule has 112 valence electrons. The number of fused-ring (bicyclic) bond motifs is 1. The van der Waals surface area contributed by atoms with E-state index in [1.807, 2.05) is 24.4 Å². The van der Waals surface area contributed by atoms with Crippen molar-refractivity contribution in [2.45, 2.75) is 38.1 Å². The van der Waals surface area contributed by atoms with Crippen molar-refractivity contribution < 1.29 is 5.11 Å². The number of hydrogen-bond acceptors (Lipinski definition) is 4. The van der Waals surface area contributed by atoms with Crippen LogP contribution < -0.4 is 11.1 Å². The Morgan fingerprint density at radius 3 is 2.76 bits per heavy atom. The molecule has 0 atom stereocenters. The standard InChI is InChI=1S/C17H23N3O/c1-12-4-7-17(11-21,8-5-12)20-16-3-2-15(18)13-6-9-19-10-14(13)16/h2-3,6,9-10,12,20-21H,4-5,7-8,11,18H2,1H3. The number of rotatable bonds is 3. The van der Waals surface area contributed by atoms with Gasteiger partial charge in [0.2, 0.25) is 0 Å². The van der Waals surface area contributed by atoms with Gasteiger partial charge in [-0.2, -0.15) is 0 Å². The number of nitrogens with one attached hydrogen (secondary N) is 1. The van der Waals surface area contributed by atoms with Gasteiger partial charge in [-0.1, -0.05) is 6.92 Å². The van der Waals surface area contributed by atoms with Crippen molar-refractivity contribution in [2.24, 2.45) is 5.92 Å². The number of hydrogen-bond donors (Lipinski definition) is 3. The van der Waals surface area contributed by atoms with Gasteiger partial charge < -0.3 is 16.2 Å². The molecule has 1 heterocycles. The number of nitrogen functional groups attached to an aromatic ring is 1. The minimum absolute atomic E-state index is 0.159. The third kappa shape index (κ3) is 2.68. The summed E-state index contributed by atoms with van der Waals surface area (Å²) >= 11 is 0. The van der Waals surface area contributed by atoms with Crippen molar-refractivity contribution in [3.63, 3.8) is 0 Å². The van der Waals surface area contributed by atoms with Gasteiger partial charge in [-0.15, -0.1) is 0 Å². The zero-order chi connectivity index (χ0) is 14.9. The van der Waals surface area contributed by atoms with Gasteiger partial charge in [-0.3, -0.25) is 4.98 Å². The van der Waals surface area contributed by atoms with Crippen LogP contribution in [-0.4, -0.2) is 22.2 Å². The second-order valence-corrected chi connectivity index (χ2v) is 6.37. The summed E-state index contributed by atoms with van der Waals surface area (Å²) in [4.78, 5) is 4.21. The second-order valence-electron chi connectivity index (χ2n) is 6.37. The first-order valence-corrected chi connectivity index (χ1v) is 7.65. The maximum Gasteiger partial charge on any atom is 0.0661 e. The molecule has 4 N–H and O–H groups in total. The molecule has 1 aliphatic rings. The molecule has 1 aliphatic carbocycles. The topological polar surface area (TPSA) is 71.2 Å². The smallest absolute Gasteiger partial charge is 0.0661 e. The molecule has 0 spiro atoms. The van der Waals surface area contributed by atoms with E-state index >= 15 is 0 Å². The fraction of sp³-hybridized carbons (Fsp3) is 0.471. The fourth-order valence-corrected chi connectivity index (χ4v) is 3.25. The van der Waals surface area contributed by atoms with E-state index in [-0.39, 0.29) is 12.1 Å². The molecule has 2 aromatic rings. The Balaban J connectivity index is 1.96. The molecular formula is C17H23N3O. The van der Waals surface area contributed by atoms with Gasteiger partial charge in [0.15, 0.2) is 0 Å². The first-order chi connectivity index (χ1) is 10.1. The highest BCUT2D eigenvalue weighted by molar-refractivity contribution is 6.00. The Kier molecular flexibility index (Phi) is 3.72. The minimum atomic E-state index is -0.217. The van der Waals surface area contributed by atoms with Crippen LogP contribution in [0.4, 0.5) is 11.4 Å². The van der Waals surface area contributed by atoms with Crippen molar-refractivity contribution in [1.82, 2.24) is 4.98 Å². The Morgan fingerprint density at radius 2 is 2.05 bits per heavy atom. The average molecular weight is 285 g/mol. The molecule has 0 bridgehead atoms. The number of aliphatic hydroxyl groups is 1. The molecule has 0 unspecified atom stereocenters. The number of anilines is 2. The summed E-state index contributed by atoms with van der Waals surface area (Å²) in [5.74, 6) is 0.747. The number of nitrogens with two attached hydrogens (primary N) is 1. The molecule has 0 amide bonds. The van der Waals surface area contributed by atoms with Crippen molar-refractivity contribution >= 4 is 22.1 Å². The van der Waals surface area contributed by atoms with E-state index in [0.717, 1.165) is 53.7 Å². The average Bonchev–Trinajstić information content (AvgIpc) is 2.53. The summed E-state index contributed by atoms with van der Waals surface area (Å²) in [5, 5.41) is 15.5. The van der Waals surface area contributed by atoms with Crippen molar-refractivity contribution in [2.75, 3.05) is 17.7 Å². The van der Waals surface area contributed by atoms with Crippen molar-refractivity contribution in [1.29, 1.82) is 0 Å². The van der Waals surface area contributed by atoms with Crippen LogP contribution in [0.15, 0.2) is 30.6 Å². The van der Waals surface area contributed by atoms with Crippen LogP contribution in [0.25, 0.3) is 10.8 Å². The van der Waals surface area contributed by atoms with Crippen LogP contribution >= 0.6 is 0 Å². The SMILES string of the molecule is CC1CCC(CO)(Nc2ccc(N)c3ccncc23)CC1. The quantitative estimate of drug-likeness (QED) is 0.757. The minimum Gasteiger partial charge on any atom is -0.398 e. The van der Waals surface area contributed by atoms with Gasteiger partial charge in [0.05, 0.1) is 12.1 Å². The van der Waals surface area contributed by atoms with Gasteiger partial charge in [-0.25, -0.2) is 0 Å². The van der Waals surface area contributed by atoms with E-state index in [0.29, 0.717) is 0 Å². The van der Waals surface area contributed by atoms with Crippen molar-refractivity contribution in [3.8, 4) is 0 Å². The van der Waals surface area contributed by atoms with Crippen molar-refractivity contribution in [3.05, 3.63) is 30.6 Å². The number of aliphatic hydroxyl groups excluding tert-OH is 1. The first kappa shape index (κ1) is 14.1. The highest BCUT2D eigenvalue weighted by Crippen LogP contribution is 2.37. The highest BCUT2D eigenvalue weighted by Gasteiger charge is 2.33. The second kappa shape index (κ2) is 5.53. The number of aromatic nitrogens is 1. The molecule has 3 rings (SSSR count). The number of pyridine rings is 1. The molecule has 4 heteroatoms. The lowest BCUT2D eigenvalue weighted by Crippen LogP contribution is -2.45. The normalized spacial score (nSPS) is 25.9. The summed E-state index contributed by atoms with van der Waals surface area (Å²) in [6.07, 6.45) is 7.89. The summed E-state index contributed by atoms with van der Waals surface area (Å²) in [7, 11) is 0. The Morgan fingerprint density at radius 1 is 1.29 bits per heavy atom. The lowest BCUT2D eigenvalue weighted by molar-refractivity contribution is 0.155. The predicted molar refractivity (Wildman–Crippen MR) is 87.2 cm³/mol. The van der Waals surface area contributed by atoms with Gasteiger partial charge >= 0.3 is 0 Å². The Hall–Kier alpha value is -1.81. The highest BCUT2D eigenvalue weighted by atomic mass is 16.3. The van der Waals surface area contributed by atoms with Crippen LogP contribution in [0, 0.1) is 5.92 Å².